The zero-order valence-electron chi connectivity index (χ0n) is 17.7. The van der Waals surface area contributed by atoms with Gasteiger partial charge in [-0.1, -0.05) is 19.6 Å². The maximum Gasteiger partial charge on any atom is 0.154 e. The summed E-state index contributed by atoms with van der Waals surface area (Å²) in [5.74, 6) is 0.401. The van der Waals surface area contributed by atoms with Crippen LogP contribution in [0.2, 0.25) is 25.7 Å². The lowest BCUT2D eigenvalue weighted by molar-refractivity contribution is 0.0899. The monoisotopic (exact) mass is 424 g/mol. The van der Waals surface area contributed by atoms with Crippen LogP contribution in [0.3, 0.4) is 0 Å². The van der Waals surface area contributed by atoms with Crippen LogP contribution in [-0.2, 0) is 17.0 Å². The minimum Gasteiger partial charge on any atom is -0.382 e. The molecular weight excluding hydrogens is 396 g/mol. The van der Waals surface area contributed by atoms with Crippen LogP contribution < -0.4 is 11.1 Å². The largest absolute Gasteiger partial charge is 0.382 e. The molecule has 0 aliphatic carbocycles. The highest BCUT2D eigenvalue weighted by atomic mass is 28.3. The van der Waals surface area contributed by atoms with Crippen molar-refractivity contribution < 1.29 is 4.74 Å². The molecule has 0 spiro atoms. The van der Waals surface area contributed by atoms with E-state index >= 15 is 0 Å². The van der Waals surface area contributed by atoms with Gasteiger partial charge in [-0.15, -0.1) is 0 Å². The first-order valence-electron chi connectivity index (χ1n) is 10.1. The first-order chi connectivity index (χ1) is 14.3. The number of anilines is 1. The van der Waals surface area contributed by atoms with Gasteiger partial charge in [-0.3, -0.25) is 4.68 Å². The second-order valence-electron chi connectivity index (χ2n) is 9.13. The normalized spacial score (nSPS) is 15.8. The lowest BCUT2D eigenvalue weighted by Gasteiger charge is -2.41. The van der Waals surface area contributed by atoms with Gasteiger partial charge < -0.3 is 20.4 Å². The molecule has 0 unspecified atom stereocenters. The second-order valence-corrected chi connectivity index (χ2v) is 14.7. The molecule has 0 aromatic carbocycles. The Morgan fingerprint density at radius 3 is 2.80 bits per heavy atom. The number of nitrogens with zero attached hydrogens (tertiary/aromatic N) is 6. The molecular formula is C20H28N8OSi. The SMILES string of the molecule is C[Si](C)(C)CCOCn1ccc2c(-c3cn(C4(CC#N)CNC4)nc3N)ncnc21. The van der Waals surface area contributed by atoms with Gasteiger partial charge in [0.1, 0.15) is 24.2 Å². The number of aromatic nitrogens is 5. The second kappa shape index (κ2) is 7.83. The number of rotatable bonds is 8. The molecule has 4 rings (SSSR count). The number of nitrogen functional groups attached to an aromatic ring is 1. The summed E-state index contributed by atoms with van der Waals surface area (Å²) in [6.45, 7) is 9.62. The van der Waals surface area contributed by atoms with Gasteiger partial charge in [0.2, 0.25) is 0 Å². The van der Waals surface area contributed by atoms with Gasteiger partial charge in [0.15, 0.2) is 5.82 Å². The molecule has 0 atom stereocenters. The van der Waals surface area contributed by atoms with Crippen molar-refractivity contribution in [2.24, 2.45) is 0 Å². The third-order valence-corrected chi connectivity index (χ3v) is 7.29. The van der Waals surface area contributed by atoms with Crippen molar-refractivity contribution in [1.29, 1.82) is 5.26 Å². The van der Waals surface area contributed by atoms with Gasteiger partial charge in [-0.05, 0) is 12.1 Å². The minimum atomic E-state index is -1.12. The van der Waals surface area contributed by atoms with Crippen LogP contribution in [0.15, 0.2) is 24.8 Å². The summed E-state index contributed by atoms with van der Waals surface area (Å²) in [7, 11) is -1.12. The Balaban J connectivity index is 1.60. The van der Waals surface area contributed by atoms with Crippen molar-refractivity contribution in [3.63, 3.8) is 0 Å². The Hall–Kier alpha value is -2.74. The molecule has 1 fully saturated rings. The molecule has 1 saturated heterocycles. The first kappa shape index (κ1) is 20.5. The molecule has 0 bridgehead atoms. The summed E-state index contributed by atoms with van der Waals surface area (Å²) >= 11 is 0. The first-order valence-corrected chi connectivity index (χ1v) is 13.8. The minimum absolute atomic E-state index is 0.344. The molecule has 3 N–H and O–H groups in total. The van der Waals surface area contributed by atoms with Crippen molar-refractivity contribution in [2.75, 3.05) is 25.4 Å². The topological polar surface area (TPSA) is 120 Å². The van der Waals surface area contributed by atoms with E-state index in [9.17, 15) is 5.26 Å². The van der Waals surface area contributed by atoms with Crippen LogP contribution in [0, 0.1) is 11.3 Å². The number of nitrogens with one attached hydrogen (secondary N) is 1. The van der Waals surface area contributed by atoms with E-state index in [4.69, 9.17) is 10.5 Å². The summed E-state index contributed by atoms with van der Waals surface area (Å²) in [4.78, 5) is 8.95. The Morgan fingerprint density at radius 1 is 1.33 bits per heavy atom. The zero-order chi connectivity index (χ0) is 21.4. The molecule has 3 aromatic rings. The number of hydrogen-bond acceptors (Lipinski definition) is 7. The smallest absolute Gasteiger partial charge is 0.154 e. The maximum atomic E-state index is 9.22. The van der Waals surface area contributed by atoms with E-state index in [0.717, 1.165) is 34.9 Å². The molecule has 30 heavy (non-hydrogen) atoms. The Kier molecular flexibility index (Phi) is 5.36. The van der Waals surface area contributed by atoms with Gasteiger partial charge in [0.05, 0.1) is 23.7 Å². The van der Waals surface area contributed by atoms with Crippen molar-refractivity contribution in [1.82, 2.24) is 29.6 Å². The van der Waals surface area contributed by atoms with E-state index < -0.39 is 8.07 Å². The van der Waals surface area contributed by atoms with Crippen LogP contribution in [0.5, 0.6) is 0 Å². The standard InChI is InChI=1S/C20H28N8OSi/c1-30(2,3)9-8-29-14-27-7-4-15-17(24-13-25-19(15)27)16-10-28(26-18(16)22)20(5-6-21)11-23-12-20/h4,7,10,13,23H,5,8-9,11-12,14H2,1-3H3,(H2,22,26). The molecule has 4 heterocycles. The quantitative estimate of drug-likeness (QED) is 0.421. The number of nitriles is 1. The molecule has 0 saturated carbocycles. The lowest BCUT2D eigenvalue weighted by Crippen LogP contribution is -2.60. The summed E-state index contributed by atoms with van der Waals surface area (Å²) in [5, 5.41) is 17.9. The van der Waals surface area contributed by atoms with E-state index in [1.54, 1.807) is 6.33 Å². The van der Waals surface area contributed by atoms with E-state index in [2.05, 4.69) is 46.1 Å². The van der Waals surface area contributed by atoms with E-state index in [-0.39, 0.29) is 5.54 Å². The zero-order valence-corrected chi connectivity index (χ0v) is 18.7. The van der Waals surface area contributed by atoms with Gasteiger partial charge in [0, 0.05) is 45.6 Å². The fourth-order valence-electron chi connectivity index (χ4n) is 3.61. The van der Waals surface area contributed by atoms with Crippen molar-refractivity contribution in [3.05, 3.63) is 24.8 Å². The lowest BCUT2D eigenvalue weighted by atomic mass is 9.89. The van der Waals surface area contributed by atoms with Crippen LogP contribution in [0.4, 0.5) is 5.82 Å². The van der Waals surface area contributed by atoms with Crippen LogP contribution in [0.25, 0.3) is 22.3 Å². The Bertz CT molecular complexity index is 1090. The third kappa shape index (κ3) is 3.83. The van der Waals surface area contributed by atoms with Gasteiger partial charge in [-0.2, -0.15) is 10.4 Å². The number of fused-ring (bicyclic) bond motifs is 1. The van der Waals surface area contributed by atoms with E-state index in [1.165, 1.54) is 0 Å². The molecule has 9 nitrogen and oxygen atoms in total. The fourth-order valence-corrected chi connectivity index (χ4v) is 4.36. The summed E-state index contributed by atoms with van der Waals surface area (Å²) in [5.41, 5.74) is 8.21. The van der Waals surface area contributed by atoms with Gasteiger partial charge in [0.25, 0.3) is 0 Å². The van der Waals surface area contributed by atoms with E-state index in [0.29, 0.717) is 32.1 Å². The molecule has 3 aromatic heterocycles. The van der Waals surface area contributed by atoms with Crippen molar-refractivity contribution in [2.45, 2.75) is 44.4 Å². The van der Waals surface area contributed by atoms with Crippen LogP contribution >= 0.6 is 0 Å². The predicted molar refractivity (Wildman–Crippen MR) is 118 cm³/mol. The van der Waals surface area contributed by atoms with Crippen LogP contribution in [-0.4, -0.2) is 52.1 Å². The number of nitrogens with two attached hydrogens (primary N) is 1. The number of hydrogen-bond donors (Lipinski definition) is 2. The highest BCUT2D eigenvalue weighted by Gasteiger charge is 2.40. The predicted octanol–water partition coefficient (Wildman–Crippen LogP) is 2.40. The molecule has 1 aliphatic rings. The van der Waals surface area contributed by atoms with Gasteiger partial charge in [-0.25, -0.2) is 9.97 Å². The average molecular weight is 425 g/mol. The van der Waals surface area contributed by atoms with E-state index in [1.807, 2.05) is 27.7 Å². The molecule has 0 radical (unpaired) electrons. The van der Waals surface area contributed by atoms with Crippen LogP contribution in [0.1, 0.15) is 6.42 Å². The van der Waals surface area contributed by atoms with Crippen molar-refractivity contribution >= 4 is 24.9 Å². The fraction of sp³-hybridized carbons (Fsp3) is 0.500. The molecule has 158 valence electrons. The van der Waals surface area contributed by atoms with Gasteiger partial charge >= 0.3 is 0 Å². The number of ether oxygens (including phenoxy) is 1. The molecule has 0 amide bonds. The third-order valence-electron chi connectivity index (χ3n) is 5.58. The highest BCUT2D eigenvalue weighted by Crippen LogP contribution is 2.33. The maximum absolute atomic E-state index is 9.22. The summed E-state index contributed by atoms with van der Waals surface area (Å²) in [6.07, 6.45) is 5.79. The Morgan fingerprint density at radius 2 is 2.13 bits per heavy atom. The van der Waals surface area contributed by atoms with Crippen molar-refractivity contribution in [3.8, 4) is 17.3 Å². The summed E-state index contributed by atoms with van der Waals surface area (Å²) < 4.78 is 9.69. The Labute approximate surface area is 176 Å². The average Bonchev–Trinajstić information content (AvgIpc) is 3.25. The molecule has 1 aliphatic heterocycles. The molecule has 10 heteroatoms. The summed E-state index contributed by atoms with van der Waals surface area (Å²) in [6, 6.07) is 5.37. The highest BCUT2D eigenvalue weighted by molar-refractivity contribution is 6.76.